The lowest BCUT2D eigenvalue weighted by molar-refractivity contribution is 0.166. The Bertz CT molecular complexity index is 142. The van der Waals surface area contributed by atoms with Crippen molar-refractivity contribution in [3.8, 4) is 0 Å². The topological polar surface area (TPSA) is 21.3 Å². The molecule has 1 N–H and O–H groups in total. The standard InChI is InChI=1S/C10H21NO/c1-9(2,3)7-11-10(4)5-6-12-8-10/h11H,5-8H2,1-4H3. The van der Waals surface area contributed by atoms with Crippen molar-refractivity contribution >= 4 is 0 Å². The van der Waals surface area contributed by atoms with Gasteiger partial charge in [-0.25, -0.2) is 0 Å². The van der Waals surface area contributed by atoms with E-state index in [2.05, 4.69) is 33.0 Å². The quantitative estimate of drug-likeness (QED) is 0.684. The maximum absolute atomic E-state index is 5.36. The first kappa shape index (κ1) is 10.0. The summed E-state index contributed by atoms with van der Waals surface area (Å²) in [7, 11) is 0. The summed E-state index contributed by atoms with van der Waals surface area (Å²) < 4.78 is 5.36. The van der Waals surface area contributed by atoms with Gasteiger partial charge in [0.15, 0.2) is 0 Å². The monoisotopic (exact) mass is 171 g/mol. The van der Waals surface area contributed by atoms with Gasteiger partial charge in [0, 0.05) is 18.7 Å². The fourth-order valence-corrected chi connectivity index (χ4v) is 1.29. The van der Waals surface area contributed by atoms with Crippen LogP contribution in [-0.2, 0) is 4.74 Å². The summed E-state index contributed by atoms with van der Waals surface area (Å²) in [6.45, 7) is 11.8. The van der Waals surface area contributed by atoms with Crippen LogP contribution in [0.1, 0.15) is 34.1 Å². The van der Waals surface area contributed by atoms with Crippen LogP contribution in [0.4, 0.5) is 0 Å². The van der Waals surface area contributed by atoms with Gasteiger partial charge in [-0.1, -0.05) is 20.8 Å². The Morgan fingerprint density at radius 3 is 2.50 bits per heavy atom. The first-order valence-corrected chi connectivity index (χ1v) is 4.74. The SMILES string of the molecule is CC(C)(C)CNC1(C)CCOC1. The minimum atomic E-state index is 0.229. The molecule has 1 saturated heterocycles. The molecule has 1 aliphatic rings. The second-order valence-electron chi connectivity index (χ2n) is 5.28. The molecular weight excluding hydrogens is 150 g/mol. The van der Waals surface area contributed by atoms with Gasteiger partial charge >= 0.3 is 0 Å². The molecule has 1 aliphatic heterocycles. The summed E-state index contributed by atoms with van der Waals surface area (Å²) >= 11 is 0. The van der Waals surface area contributed by atoms with Crippen molar-refractivity contribution in [3.05, 3.63) is 0 Å². The van der Waals surface area contributed by atoms with Gasteiger partial charge in [0.1, 0.15) is 0 Å². The van der Waals surface area contributed by atoms with Crippen molar-refractivity contribution < 1.29 is 4.74 Å². The summed E-state index contributed by atoms with van der Waals surface area (Å²) in [4.78, 5) is 0. The van der Waals surface area contributed by atoms with Crippen LogP contribution in [-0.4, -0.2) is 25.3 Å². The number of ether oxygens (including phenoxy) is 1. The lowest BCUT2D eigenvalue weighted by atomic mass is 9.93. The number of rotatable bonds is 2. The molecule has 0 aromatic heterocycles. The molecule has 0 aliphatic carbocycles. The van der Waals surface area contributed by atoms with Gasteiger partial charge in [0.25, 0.3) is 0 Å². The van der Waals surface area contributed by atoms with Gasteiger partial charge in [0.05, 0.1) is 6.61 Å². The molecule has 1 unspecified atom stereocenters. The Kier molecular flexibility index (Phi) is 2.79. The molecule has 72 valence electrons. The number of hydrogen-bond acceptors (Lipinski definition) is 2. The van der Waals surface area contributed by atoms with Gasteiger partial charge in [0.2, 0.25) is 0 Å². The maximum Gasteiger partial charge on any atom is 0.0646 e. The predicted molar refractivity (Wildman–Crippen MR) is 51.3 cm³/mol. The molecule has 1 rings (SSSR count). The minimum absolute atomic E-state index is 0.229. The summed E-state index contributed by atoms with van der Waals surface area (Å²) in [5.74, 6) is 0. The fraction of sp³-hybridized carbons (Fsp3) is 1.00. The molecule has 0 saturated carbocycles. The van der Waals surface area contributed by atoms with E-state index in [4.69, 9.17) is 4.74 Å². The highest BCUT2D eigenvalue weighted by Crippen LogP contribution is 2.20. The van der Waals surface area contributed by atoms with E-state index >= 15 is 0 Å². The zero-order chi connectivity index (χ0) is 9.24. The van der Waals surface area contributed by atoms with E-state index in [-0.39, 0.29) is 5.54 Å². The molecule has 1 fully saturated rings. The predicted octanol–water partition coefficient (Wildman–Crippen LogP) is 1.80. The van der Waals surface area contributed by atoms with Gasteiger partial charge < -0.3 is 10.1 Å². The number of hydrogen-bond donors (Lipinski definition) is 1. The van der Waals surface area contributed by atoms with Crippen LogP contribution in [0.3, 0.4) is 0 Å². The molecule has 2 nitrogen and oxygen atoms in total. The molecular formula is C10H21NO. The van der Waals surface area contributed by atoms with Crippen LogP contribution in [0.25, 0.3) is 0 Å². The van der Waals surface area contributed by atoms with Crippen LogP contribution in [0.5, 0.6) is 0 Å². The minimum Gasteiger partial charge on any atom is -0.379 e. The van der Waals surface area contributed by atoms with Crippen LogP contribution < -0.4 is 5.32 Å². The Hall–Kier alpha value is -0.0800. The van der Waals surface area contributed by atoms with Gasteiger partial charge in [-0.05, 0) is 18.8 Å². The highest BCUT2D eigenvalue weighted by molar-refractivity contribution is 4.88. The van der Waals surface area contributed by atoms with Crippen molar-refractivity contribution in [1.82, 2.24) is 5.32 Å². The third kappa shape index (κ3) is 3.11. The van der Waals surface area contributed by atoms with E-state index in [1.54, 1.807) is 0 Å². The van der Waals surface area contributed by atoms with Crippen molar-refractivity contribution in [2.45, 2.75) is 39.7 Å². The average molecular weight is 171 g/mol. The third-order valence-electron chi connectivity index (χ3n) is 2.26. The van der Waals surface area contributed by atoms with Gasteiger partial charge in [-0.15, -0.1) is 0 Å². The highest BCUT2D eigenvalue weighted by atomic mass is 16.5. The third-order valence-corrected chi connectivity index (χ3v) is 2.26. The van der Waals surface area contributed by atoms with E-state index in [0.29, 0.717) is 5.41 Å². The van der Waals surface area contributed by atoms with Crippen LogP contribution >= 0.6 is 0 Å². The Balaban J connectivity index is 2.30. The lowest BCUT2D eigenvalue weighted by Gasteiger charge is -2.29. The van der Waals surface area contributed by atoms with Crippen LogP contribution in [0.15, 0.2) is 0 Å². The molecule has 0 bridgehead atoms. The molecule has 0 aromatic carbocycles. The molecule has 0 aromatic rings. The van der Waals surface area contributed by atoms with Crippen molar-refractivity contribution in [3.63, 3.8) is 0 Å². The van der Waals surface area contributed by atoms with Crippen molar-refractivity contribution in [1.29, 1.82) is 0 Å². The number of nitrogens with one attached hydrogen (secondary N) is 1. The zero-order valence-corrected chi connectivity index (χ0v) is 8.74. The lowest BCUT2D eigenvalue weighted by Crippen LogP contribution is -2.46. The molecule has 1 atom stereocenters. The molecule has 0 spiro atoms. The van der Waals surface area contributed by atoms with E-state index in [1.165, 1.54) is 0 Å². The Labute approximate surface area is 75.7 Å². The largest absolute Gasteiger partial charge is 0.379 e. The highest BCUT2D eigenvalue weighted by Gasteiger charge is 2.30. The van der Waals surface area contributed by atoms with E-state index in [9.17, 15) is 0 Å². The second-order valence-corrected chi connectivity index (χ2v) is 5.28. The van der Waals surface area contributed by atoms with Crippen LogP contribution in [0.2, 0.25) is 0 Å². The first-order valence-electron chi connectivity index (χ1n) is 4.74. The smallest absolute Gasteiger partial charge is 0.0646 e. The van der Waals surface area contributed by atoms with Crippen molar-refractivity contribution in [2.24, 2.45) is 5.41 Å². The van der Waals surface area contributed by atoms with E-state index < -0.39 is 0 Å². The second kappa shape index (κ2) is 3.35. The summed E-state index contributed by atoms with van der Waals surface area (Å²) in [6.07, 6.45) is 1.14. The zero-order valence-electron chi connectivity index (χ0n) is 8.74. The first-order chi connectivity index (χ1) is 5.41. The van der Waals surface area contributed by atoms with Crippen LogP contribution in [0, 0.1) is 5.41 Å². The Morgan fingerprint density at radius 1 is 1.42 bits per heavy atom. The average Bonchev–Trinajstić information content (AvgIpc) is 2.32. The Morgan fingerprint density at radius 2 is 2.08 bits per heavy atom. The molecule has 0 amide bonds. The maximum atomic E-state index is 5.36. The molecule has 0 radical (unpaired) electrons. The molecule has 1 heterocycles. The summed E-state index contributed by atoms with van der Waals surface area (Å²) in [6, 6.07) is 0. The van der Waals surface area contributed by atoms with Gasteiger partial charge in [-0.3, -0.25) is 0 Å². The summed E-state index contributed by atoms with van der Waals surface area (Å²) in [5, 5.41) is 3.57. The molecule has 12 heavy (non-hydrogen) atoms. The van der Waals surface area contributed by atoms with Crippen molar-refractivity contribution in [2.75, 3.05) is 19.8 Å². The molecule has 2 heteroatoms. The summed E-state index contributed by atoms with van der Waals surface area (Å²) in [5.41, 5.74) is 0.596. The van der Waals surface area contributed by atoms with Gasteiger partial charge in [-0.2, -0.15) is 0 Å². The normalized spacial score (nSPS) is 31.0. The van der Waals surface area contributed by atoms with E-state index in [1.807, 2.05) is 0 Å². The fourth-order valence-electron chi connectivity index (χ4n) is 1.29. The van der Waals surface area contributed by atoms with E-state index in [0.717, 1.165) is 26.2 Å².